The summed E-state index contributed by atoms with van der Waals surface area (Å²) in [6.07, 6.45) is 3.10. The third-order valence-electron chi connectivity index (χ3n) is 5.77. The number of imidazole rings is 1. The fourth-order valence-corrected chi connectivity index (χ4v) is 4.35. The third kappa shape index (κ3) is 3.75. The van der Waals surface area contributed by atoms with Crippen LogP contribution in [0.3, 0.4) is 0 Å². The van der Waals surface area contributed by atoms with Crippen molar-refractivity contribution in [3.63, 3.8) is 0 Å². The number of amides is 1. The fraction of sp³-hybridized carbons (Fsp3) is 0.391. The van der Waals surface area contributed by atoms with Crippen molar-refractivity contribution in [3.05, 3.63) is 69.6 Å². The number of fused-ring (bicyclic) bond motifs is 2. The van der Waals surface area contributed by atoms with Crippen LogP contribution in [-0.2, 0) is 23.1 Å². The minimum Gasteiger partial charge on any atom is -0.341 e. The second-order valence-corrected chi connectivity index (χ2v) is 8.42. The van der Waals surface area contributed by atoms with Crippen molar-refractivity contribution in [3.8, 4) is 0 Å². The van der Waals surface area contributed by atoms with Crippen molar-refractivity contribution in [2.24, 2.45) is 0 Å². The summed E-state index contributed by atoms with van der Waals surface area (Å²) in [5, 5.41) is 0. The van der Waals surface area contributed by atoms with Crippen LogP contribution in [0.2, 0.25) is 0 Å². The van der Waals surface area contributed by atoms with Crippen LogP contribution in [0.5, 0.6) is 0 Å². The Morgan fingerprint density at radius 1 is 1.11 bits per heavy atom. The normalized spacial score (nSPS) is 16.0. The number of carbonyl (C=O) groups is 1. The van der Waals surface area contributed by atoms with Crippen molar-refractivity contribution in [1.82, 2.24) is 14.9 Å². The average molecular weight is 377 g/mol. The summed E-state index contributed by atoms with van der Waals surface area (Å²) >= 11 is 0. The summed E-state index contributed by atoms with van der Waals surface area (Å²) in [5.74, 6) is 0.233. The highest BCUT2D eigenvalue weighted by Gasteiger charge is 2.31. The molecular weight excluding hydrogens is 350 g/mol. The molecule has 1 aromatic heterocycles. The largest absolute Gasteiger partial charge is 0.341 e. The molecule has 0 unspecified atom stereocenters. The van der Waals surface area contributed by atoms with E-state index in [1.165, 1.54) is 11.1 Å². The zero-order chi connectivity index (χ0) is 19.7. The summed E-state index contributed by atoms with van der Waals surface area (Å²) in [7, 11) is 0. The maximum atomic E-state index is 12.9. The summed E-state index contributed by atoms with van der Waals surface area (Å²) in [4.78, 5) is 31.8. The monoisotopic (exact) mass is 377 g/mol. The van der Waals surface area contributed by atoms with E-state index >= 15 is 0 Å². The van der Waals surface area contributed by atoms with Gasteiger partial charge < -0.3 is 14.9 Å². The Morgan fingerprint density at radius 3 is 2.75 bits per heavy atom. The van der Waals surface area contributed by atoms with Crippen molar-refractivity contribution in [2.75, 3.05) is 13.1 Å². The number of rotatable bonds is 4. The van der Waals surface area contributed by atoms with E-state index in [1.807, 2.05) is 23.1 Å². The van der Waals surface area contributed by atoms with Gasteiger partial charge in [-0.05, 0) is 48.1 Å². The minimum atomic E-state index is -0.188. The molecule has 5 heteroatoms. The van der Waals surface area contributed by atoms with Crippen LogP contribution in [0.15, 0.2) is 47.3 Å². The molecule has 0 spiro atoms. The van der Waals surface area contributed by atoms with Crippen LogP contribution < -0.4 is 5.69 Å². The molecule has 28 heavy (non-hydrogen) atoms. The number of H-pyrrole nitrogens is 2. The van der Waals surface area contributed by atoms with Crippen molar-refractivity contribution >= 4 is 16.9 Å². The van der Waals surface area contributed by atoms with Gasteiger partial charge in [0, 0.05) is 24.9 Å². The molecule has 0 aliphatic carbocycles. The zero-order valence-corrected chi connectivity index (χ0v) is 16.5. The number of aromatic nitrogens is 2. The molecule has 3 aromatic rings. The van der Waals surface area contributed by atoms with Gasteiger partial charge in [-0.15, -0.1) is 0 Å². The van der Waals surface area contributed by atoms with E-state index in [1.54, 1.807) is 0 Å². The first-order valence-electron chi connectivity index (χ1n) is 9.99. The number of carbonyl (C=O) groups excluding carboxylic acids is 1. The van der Waals surface area contributed by atoms with Gasteiger partial charge in [0.15, 0.2) is 0 Å². The smallest absolute Gasteiger partial charge is 0.323 e. The second kappa shape index (κ2) is 7.30. The number of nitrogens with zero attached hydrogens (tertiary/aromatic N) is 1. The minimum absolute atomic E-state index is 0.0338. The molecule has 0 atom stereocenters. The van der Waals surface area contributed by atoms with Gasteiger partial charge in [-0.25, -0.2) is 4.79 Å². The van der Waals surface area contributed by atoms with E-state index in [2.05, 4.69) is 48.1 Å². The molecule has 4 rings (SSSR count). The van der Waals surface area contributed by atoms with Gasteiger partial charge in [-0.1, -0.05) is 44.2 Å². The molecule has 1 aliphatic rings. The summed E-state index contributed by atoms with van der Waals surface area (Å²) in [5.41, 5.74) is 5.27. The van der Waals surface area contributed by atoms with Crippen LogP contribution >= 0.6 is 0 Å². The fourth-order valence-electron chi connectivity index (χ4n) is 4.35. The topological polar surface area (TPSA) is 69.0 Å². The Labute approximate surface area is 164 Å². The average Bonchev–Trinajstić information content (AvgIpc) is 2.97. The molecule has 2 heterocycles. The molecule has 0 radical (unpaired) electrons. The summed E-state index contributed by atoms with van der Waals surface area (Å²) < 4.78 is 0. The lowest BCUT2D eigenvalue weighted by atomic mass is 9.82. The number of benzene rings is 2. The van der Waals surface area contributed by atoms with E-state index in [-0.39, 0.29) is 17.0 Å². The van der Waals surface area contributed by atoms with Gasteiger partial charge in [0.1, 0.15) is 0 Å². The number of hydrogen-bond donors (Lipinski definition) is 2. The number of aromatic amines is 2. The lowest BCUT2D eigenvalue weighted by molar-refractivity contribution is -0.131. The van der Waals surface area contributed by atoms with Gasteiger partial charge in [0.2, 0.25) is 5.91 Å². The van der Waals surface area contributed by atoms with E-state index in [0.29, 0.717) is 6.42 Å². The van der Waals surface area contributed by atoms with E-state index < -0.39 is 0 Å². The Kier molecular flexibility index (Phi) is 4.84. The molecule has 0 fully saturated rings. The Balaban J connectivity index is 1.37. The molecule has 2 aromatic carbocycles. The molecular formula is C23H27N3O2. The van der Waals surface area contributed by atoms with Crippen molar-refractivity contribution < 1.29 is 4.79 Å². The molecule has 5 nitrogen and oxygen atoms in total. The highest BCUT2D eigenvalue weighted by Crippen LogP contribution is 2.31. The van der Waals surface area contributed by atoms with Crippen molar-refractivity contribution in [1.29, 1.82) is 0 Å². The van der Waals surface area contributed by atoms with Crippen LogP contribution in [-0.4, -0.2) is 33.9 Å². The first-order valence-corrected chi connectivity index (χ1v) is 9.99. The Hall–Kier alpha value is -2.82. The van der Waals surface area contributed by atoms with Gasteiger partial charge in [0.05, 0.1) is 11.0 Å². The van der Waals surface area contributed by atoms with Crippen LogP contribution in [0, 0.1) is 0 Å². The molecule has 146 valence electrons. The maximum absolute atomic E-state index is 12.9. The first kappa shape index (κ1) is 18.5. The maximum Gasteiger partial charge on any atom is 0.323 e. The quantitative estimate of drug-likeness (QED) is 0.730. The lowest BCUT2D eigenvalue weighted by Crippen LogP contribution is -2.39. The first-order chi connectivity index (χ1) is 13.4. The van der Waals surface area contributed by atoms with Crippen LogP contribution in [0.1, 0.15) is 43.4 Å². The Morgan fingerprint density at radius 2 is 1.89 bits per heavy atom. The molecule has 1 aliphatic heterocycles. The van der Waals surface area contributed by atoms with Gasteiger partial charge in [0.25, 0.3) is 0 Å². The molecule has 0 bridgehead atoms. The summed E-state index contributed by atoms with van der Waals surface area (Å²) in [6.45, 7) is 6.00. The standard InChI is InChI=1S/C23H27N3O2/c1-23(2)15-26(13-12-17-7-3-4-8-18(17)23)21(27)9-5-6-16-10-11-19-20(14-16)25-22(28)24-19/h3-4,7-8,10-11,14H,5-6,9,12-13,15H2,1-2H3,(H2,24,25,28). The highest BCUT2D eigenvalue weighted by molar-refractivity contribution is 5.77. The zero-order valence-electron chi connectivity index (χ0n) is 16.5. The summed E-state index contributed by atoms with van der Waals surface area (Å²) in [6, 6.07) is 14.5. The Bertz CT molecular complexity index is 1060. The lowest BCUT2D eigenvalue weighted by Gasteiger charge is -2.31. The van der Waals surface area contributed by atoms with Gasteiger partial charge >= 0.3 is 5.69 Å². The van der Waals surface area contributed by atoms with Gasteiger partial charge in [-0.3, -0.25) is 4.79 Å². The molecule has 1 amide bonds. The van der Waals surface area contributed by atoms with Gasteiger partial charge in [-0.2, -0.15) is 0 Å². The number of nitrogens with one attached hydrogen (secondary N) is 2. The van der Waals surface area contributed by atoms with E-state index in [4.69, 9.17) is 0 Å². The van der Waals surface area contributed by atoms with Crippen LogP contribution in [0.4, 0.5) is 0 Å². The SMILES string of the molecule is CC1(C)CN(C(=O)CCCc2ccc3[nH]c(=O)[nH]c3c2)CCc2ccccc21. The predicted octanol–water partition coefficient (Wildman–Crippen LogP) is 3.54. The third-order valence-corrected chi connectivity index (χ3v) is 5.77. The molecule has 0 saturated heterocycles. The van der Waals surface area contributed by atoms with E-state index in [0.717, 1.165) is 48.9 Å². The molecule has 0 saturated carbocycles. The molecule has 2 N–H and O–H groups in total. The number of aryl methyl sites for hydroxylation is 1. The second-order valence-electron chi connectivity index (χ2n) is 8.42. The predicted molar refractivity (Wildman–Crippen MR) is 112 cm³/mol. The van der Waals surface area contributed by atoms with E-state index in [9.17, 15) is 9.59 Å². The van der Waals surface area contributed by atoms with Crippen molar-refractivity contribution in [2.45, 2.75) is 44.9 Å². The highest BCUT2D eigenvalue weighted by atomic mass is 16.2. The van der Waals surface area contributed by atoms with Crippen LogP contribution in [0.25, 0.3) is 11.0 Å². The number of hydrogen-bond acceptors (Lipinski definition) is 2.